The fourth-order valence-corrected chi connectivity index (χ4v) is 4.97. The highest BCUT2D eigenvalue weighted by Gasteiger charge is 2.35. The summed E-state index contributed by atoms with van der Waals surface area (Å²) in [6.07, 6.45) is 8.17. The Labute approximate surface area is 236 Å². The van der Waals surface area contributed by atoms with Gasteiger partial charge in [0.1, 0.15) is 24.0 Å². The van der Waals surface area contributed by atoms with Crippen molar-refractivity contribution in [1.82, 2.24) is 5.01 Å². The number of non-ortho nitro benzene ring substituents is 1. The number of nitro groups is 1. The van der Waals surface area contributed by atoms with Gasteiger partial charge in [-0.1, -0.05) is 38.7 Å². The molecule has 0 unspecified atom stereocenters. The Balaban J connectivity index is 1.35. The fraction of sp³-hybridized carbons (Fsp3) is 0.357. The molecule has 2 aliphatic rings. The smallest absolute Gasteiger partial charge is 0.283 e. The number of hydrazone groups is 1. The lowest BCUT2D eigenvalue weighted by atomic mass is 10.1. The number of hydrogen-bond acceptors (Lipinski definition) is 9. The summed E-state index contributed by atoms with van der Waals surface area (Å²) >= 11 is 1.36. The zero-order valence-electron chi connectivity index (χ0n) is 22.4. The molecule has 0 spiro atoms. The van der Waals surface area contributed by atoms with Gasteiger partial charge < -0.3 is 14.2 Å². The van der Waals surface area contributed by atoms with Crippen molar-refractivity contribution >= 4 is 45.5 Å². The minimum absolute atomic E-state index is 0.00818. The molecule has 40 heavy (non-hydrogen) atoms. The molecule has 12 heteroatoms. The number of amides is 1. The first-order chi connectivity index (χ1) is 19.4. The Hall–Kier alpha value is -4.19. The Morgan fingerprint density at radius 3 is 2.52 bits per heavy atom. The molecule has 0 atom stereocenters. The van der Waals surface area contributed by atoms with Crippen LogP contribution in [0.15, 0.2) is 58.1 Å². The van der Waals surface area contributed by atoms with Crippen LogP contribution in [-0.2, 0) is 4.79 Å². The van der Waals surface area contributed by atoms with Gasteiger partial charge in [0.05, 0.1) is 17.6 Å². The number of aliphatic imine (C=N–C) groups is 1. The minimum Gasteiger partial charge on any atom is -0.493 e. The molecule has 1 amide bonds. The molecule has 2 heterocycles. The quantitative estimate of drug-likeness (QED) is 0.127. The largest absolute Gasteiger partial charge is 0.493 e. The molecular formula is C28H31N5O6S. The summed E-state index contributed by atoms with van der Waals surface area (Å²) in [4.78, 5) is 27.2. The number of thioether (sulfide) groups is 1. The molecule has 0 saturated heterocycles. The number of nitrogens with one attached hydrogen (secondary N) is 1. The molecule has 2 aromatic carbocycles. The van der Waals surface area contributed by atoms with Crippen LogP contribution in [0.5, 0.6) is 17.2 Å². The highest BCUT2D eigenvalue weighted by molar-refractivity contribution is 8.26. The van der Waals surface area contributed by atoms with Crippen LogP contribution in [0.3, 0.4) is 0 Å². The Morgan fingerprint density at radius 1 is 1.05 bits per heavy atom. The van der Waals surface area contributed by atoms with Gasteiger partial charge in [-0.3, -0.25) is 20.3 Å². The number of methoxy groups -OCH3 is 1. The maximum absolute atomic E-state index is 12.8. The predicted octanol–water partition coefficient (Wildman–Crippen LogP) is 6.04. The fourth-order valence-electron chi connectivity index (χ4n) is 4.05. The molecule has 11 nitrogen and oxygen atoms in total. The lowest BCUT2D eigenvalue weighted by Crippen LogP contribution is -2.35. The number of carbonyl (C=O) groups excluding carboxylic acids is 1. The molecule has 0 saturated carbocycles. The van der Waals surface area contributed by atoms with E-state index in [2.05, 4.69) is 17.0 Å². The Morgan fingerprint density at radius 2 is 1.80 bits per heavy atom. The highest BCUT2D eigenvalue weighted by atomic mass is 32.2. The van der Waals surface area contributed by atoms with Crippen LogP contribution < -0.4 is 14.2 Å². The number of rotatable bonds is 14. The van der Waals surface area contributed by atoms with Gasteiger partial charge >= 0.3 is 0 Å². The van der Waals surface area contributed by atoms with Crippen molar-refractivity contribution in [3.8, 4) is 17.2 Å². The number of ether oxygens (including phenoxy) is 3. The van der Waals surface area contributed by atoms with Gasteiger partial charge in [0.2, 0.25) is 5.17 Å². The molecule has 2 aromatic rings. The van der Waals surface area contributed by atoms with E-state index in [1.165, 1.54) is 67.4 Å². The van der Waals surface area contributed by atoms with Crippen molar-refractivity contribution in [1.29, 1.82) is 5.41 Å². The maximum Gasteiger partial charge on any atom is 0.283 e. The zero-order valence-corrected chi connectivity index (χ0v) is 23.2. The minimum atomic E-state index is -0.481. The second kappa shape index (κ2) is 13.7. The van der Waals surface area contributed by atoms with Crippen molar-refractivity contribution in [3.05, 3.63) is 63.7 Å². The molecule has 0 bridgehead atoms. The van der Waals surface area contributed by atoms with Crippen LogP contribution >= 0.6 is 11.8 Å². The van der Waals surface area contributed by atoms with Crippen LogP contribution in [0.4, 0.5) is 5.69 Å². The third-order valence-corrected chi connectivity index (χ3v) is 7.11. The van der Waals surface area contributed by atoms with Crippen LogP contribution in [0.2, 0.25) is 0 Å². The van der Waals surface area contributed by atoms with E-state index in [1.54, 1.807) is 24.3 Å². The second-order valence-corrected chi connectivity index (χ2v) is 10.1. The van der Waals surface area contributed by atoms with Crippen LogP contribution in [-0.4, -0.2) is 52.2 Å². The SMILES string of the molecule is CCCCCCCC1=NN2C(=N)/C(=C/c3ccc(OCCOc4ccc([N+](=O)[O-])cc4)c(OC)c3)C(=O)N=C2S1. The molecule has 0 aromatic heterocycles. The number of carbonyl (C=O) groups is 1. The van der Waals surface area contributed by atoms with E-state index >= 15 is 0 Å². The number of benzene rings is 2. The van der Waals surface area contributed by atoms with Crippen LogP contribution in [0.25, 0.3) is 6.08 Å². The van der Waals surface area contributed by atoms with Crippen molar-refractivity contribution in [2.45, 2.75) is 45.4 Å². The standard InChI is InChI=1S/C28H31N5O6S/c1-3-4-5-6-7-8-25-31-32-26(29)22(27(34)30-28(32)40-25)17-19-9-14-23(24(18-19)37-2)39-16-15-38-21-12-10-20(11-13-21)33(35)36/h9-14,17-18,29H,3-8,15-16H2,1-2H3/b22-17-,29-26?. The van der Waals surface area contributed by atoms with E-state index in [0.717, 1.165) is 24.3 Å². The van der Waals surface area contributed by atoms with Crippen molar-refractivity contribution in [3.63, 3.8) is 0 Å². The summed E-state index contributed by atoms with van der Waals surface area (Å²) in [5.74, 6) is 0.931. The first-order valence-corrected chi connectivity index (χ1v) is 13.9. The van der Waals surface area contributed by atoms with E-state index in [1.807, 2.05) is 0 Å². The summed E-state index contributed by atoms with van der Waals surface area (Å²) in [5.41, 5.74) is 0.778. The summed E-state index contributed by atoms with van der Waals surface area (Å²) in [7, 11) is 1.51. The molecule has 2 aliphatic heterocycles. The molecule has 4 rings (SSSR count). The van der Waals surface area contributed by atoms with E-state index in [0.29, 0.717) is 28.0 Å². The maximum atomic E-state index is 12.8. The summed E-state index contributed by atoms with van der Waals surface area (Å²) in [6, 6.07) is 11.0. The van der Waals surface area contributed by atoms with Crippen LogP contribution in [0, 0.1) is 15.5 Å². The summed E-state index contributed by atoms with van der Waals surface area (Å²) in [6.45, 7) is 2.61. The number of unbranched alkanes of at least 4 members (excludes halogenated alkanes) is 4. The van der Waals surface area contributed by atoms with Gasteiger partial charge in [-0.05, 0) is 60.5 Å². The van der Waals surface area contributed by atoms with Crippen LogP contribution in [0.1, 0.15) is 51.0 Å². The van der Waals surface area contributed by atoms with E-state index in [4.69, 9.17) is 19.6 Å². The average molecular weight is 566 g/mol. The first kappa shape index (κ1) is 28.8. The lowest BCUT2D eigenvalue weighted by molar-refractivity contribution is -0.384. The van der Waals surface area contributed by atoms with Gasteiger partial charge in [0, 0.05) is 12.1 Å². The first-order valence-electron chi connectivity index (χ1n) is 13.1. The molecule has 1 N–H and O–H groups in total. The van der Waals surface area contributed by atoms with Crippen molar-refractivity contribution < 1.29 is 23.9 Å². The molecular weight excluding hydrogens is 534 g/mol. The monoisotopic (exact) mass is 565 g/mol. The molecule has 0 radical (unpaired) electrons. The number of fused-ring (bicyclic) bond motifs is 1. The van der Waals surface area contributed by atoms with E-state index < -0.39 is 10.8 Å². The highest BCUT2D eigenvalue weighted by Crippen LogP contribution is 2.32. The summed E-state index contributed by atoms with van der Waals surface area (Å²) < 4.78 is 16.8. The Kier molecular flexibility index (Phi) is 9.90. The number of nitro benzene ring substituents is 1. The van der Waals surface area contributed by atoms with E-state index in [-0.39, 0.29) is 30.3 Å². The molecule has 210 valence electrons. The van der Waals surface area contributed by atoms with Gasteiger partial charge in [0.25, 0.3) is 11.6 Å². The van der Waals surface area contributed by atoms with Gasteiger partial charge in [-0.25, -0.2) is 0 Å². The van der Waals surface area contributed by atoms with Gasteiger partial charge in [-0.2, -0.15) is 15.1 Å². The number of hydrogen-bond donors (Lipinski definition) is 1. The Bertz CT molecular complexity index is 1360. The predicted molar refractivity (Wildman–Crippen MR) is 155 cm³/mol. The normalized spacial score (nSPS) is 15.6. The second-order valence-electron chi connectivity index (χ2n) is 9.04. The average Bonchev–Trinajstić information content (AvgIpc) is 3.36. The third kappa shape index (κ3) is 7.26. The topological polar surface area (TPSA) is 140 Å². The van der Waals surface area contributed by atoms with Gasteiger partial charge in [0.15, 0.2) is 17.3 Å². The summed E-state index contributed by atoms with van der Waals surface area (Å²) in [5, 5.41) is 26.6. The van der Waals surface area contributed by atoms with Crippen molar-refractivity contribution in [2.75, 3.05) is 20.3 Å². The van der Waals surface area contributed by atoms with Crippen molar-refractivity contribution in [2.24, 2.45) is 10.1 Å². The molecule has 0 aliphatic carbocycles. The van der Waals surface area contributed by atoms with E-state index in [9.17, 15) is 14.9 Å². The third-order valence-electron chi connectivity index (χ3n) is 6.15. The zero-order chi connectivity index (χ0) is 28.5. The van der Waals surface area contributed by atoms with Gasteiger partial charge in [-0.15, -0.1) is 0 Å². The number of amidine groups is 2. The lowest BCUT2D eigenvalue weighted by Gasteiger charge is -2.20. The number of nitrogens with zero attached hydrogens (tertiary/aromatic N) is 4. The molecule has 0 fully saturated rings.